The van der Waals surface area contributed by atoms with Crippen LogP contribution in [-0.4, -0.2) is 32.2 Å². The van der Waals surface area contributed by atoms with Gasteiger partial charge in [0.25, 0.3) is 5.91 Å². The second-order valence-corrected chi connectivity index (χ2v) is 3.67. The molecule has 0 saturated heterocycles. The van der Waals surface area contributed by atoms with Crippen molar-refractivity contribution in [2.75, 3.05) is 11.9 Å². The van der Waals surface area contributed by atoms with Crippen LogP contribution in [0, 0.1) is 6.92 Å². The summed E-state index contributed by atoms with van der Waals surface area (Å²) in [5.74, 6) is 0.316. The zero-order valence-corrected chi connectivity index (χ0v) is 9.47. The smallest absolute Gasteiger partial charge is 0.276 e. The fourth-order valence-corrected chi connectivity index (χ4v) is 1.40. The first-order chi connectivity index (χ1) is 8.20. The highest BCUT2D eigenvalue weighted by molar-refractivity contribution is 6.02. The van der Waals surface area contributed by atoms with Crippen molar-refractivity contribution in [3.8, 4) is 0 Å². The van der Waals surface area contributed by atoms with E-state index >= 15 is 0 Å². The Labute approximate surface area is 98.0 Å². The molecule has 0 spiro atoms. The fraction of sp³-hybridized carbons (Fsp3) is 0.300. The van der Waals surface area contributed by atoms with E-state index < -0.39 is 0 Å². The van der Waals surface area contributed by atoms with Gasteiger partial charge in [0.15, 0.2) is 0 Å². The van der Waals surface area contributed by atoms with Crippen molar-refractivity contribution in [3.05, 3.63) is 30.0 Å². The number of nitrogens with zero attached hydrogens (tertiary/aromatic N) is 3. The van der Waals surface area contributed by atoms with Crippen molar-refractivity contribution in [1.29, 1.82) is 0 Å². The Kier molecular flexibility index (Phi) is 3.20. The molecule has 0 fully saturated rings. The summed E-state index contributed by atoms with van der Waals surface area (Å²) in [5.41, 5.74) is 6.64. The summed E-state index contributed by atoms with van der Waals surface area (Å²) < 4.78 is 1.77. The molecule has 0 atom stereocenters. The number of H-pyrrole nitrogens is 1. The topological polar surface area (TPSA) is 102 Å². The lowest BCUT2D eigenvalue weighted by Crippen LogP contribution is -2.13. The van der Waals surface area contributed by atoms with Gasteiger partial charge >= 0.3 is 0 Å². The van der Waals surface area contributed by atoms with Crippen LogP contribution in [0.1, 0.15) is 16.1 Å². The van der Waals surface area contributed by atoms with Gasteiger partial charge in [-0.25, -0.2) is 4.98 Å². The molecule has 0 radical (unpaired) electrons. The Morgan fingerprint density at radius 3 is 3.12 bits per heavy atom. The minimum Gasteiger partial charge on any atom is -0.335 e. The average Bonchev–Trinajstić information content (AvgIpc) is 2.90. The molecule has 90 valence electrons. The van der Waals surface area contributed by atoms with Crippen molar-refractivity contribution in [3.63, 3.8) is 0 Å². The molecule has 7 nitrogen and oxygen atoms in total. The molecule has 1 amide bonds. The first-order valence-corrected chi connectivity index (χ1v) is 5.24. The first-order valence-electron chi connectivity index (χ1n) is 5.24. The van der Waals surface area contributed by atoms with E-state index in [9.17, 15) is 4.79 Å². The van der Waals surface area contributed by atoms with Gasteiger partial charge in [-0.15, -0.1) is 0 Å². The predicted molar refractivity (Wildman–Crippen MR) is 62.6 cm³/mol. The third-order valence-electron chi connectivity index (χ3n) is 2.32. The molecule has 0 unspecified atom stereocenters. The summed E-state index contributed by atoms with van der Waals surface area (Å²) in [6, 6.07) is 0. The van der Waals surface area contributed by atoms with Crippen LogP contribution in [-0.2, 0) is 6.54 Å². The van der Waals surface area contributed by atoms with Crippen molar-refractivity contribution in [2.24, 2.45) is 5.73 Å². The normalized spacial score (nSPS) is 10.5. The van der Waals surface area contributed by atoms with Gasteiger partial charge in [-0.05, 0) is 6.92 Å². The highest BCUT2D eigenvalue weighted by Gasteiger charge is 2.11. The molecule has 2 aromatic rings. The Morgan fingerprint density at radius 2 is 2.47 bits per heavy atom. The van der Waals surface area contributed by atoms with Crippen molar-refractivity contribution >= 4 is 11.7 Å². The molecule has 7 heteroatoms. The monoisotopic (exact) mass is 234 g/mol. The number of carbonyl (C=O) groups excluding carboxylic acids is 1. The molecule has 2 aromatic heterocycles. The maximum absolute atomic E-state index is 11.8. The summed E-state index contributed by atoms with van der Waals surface area (Å²) in [4.78, 5) is 15.8. The molecule has 0 saturated carbocycles. The Bertz CT molecular complexity index is 514. The fourth-order valence-electron chi connectivity index (χ4n) is 1.40. The highest BCUT2D eigenvalue weighted by Crippen LogP contribution is 2.09. The van der Waals surface area contributed by atoms with Crippen LogP contribution >= 0.6 is 0 Å². The van der Waals surface area contributed by atoms with Gasteiger partial charge in [-0.2, -0.15) is 5.10 Å². The zero-order chi connectivity index (χ0) is 12.3. The lowest BCUT2D eigenvalue weighted by Gasteiger charge is -2.00. The summed E-state index contributed by atoms with van der Waals surface area (Å²) in [6.45, 7) is 3.01. The number of imidazole rings is 1. The molecular weight excluding hydrogens is 220 g/mol. The molecule has 17 heavy (non-hydrogen) atoms. The van der Waals surface area contributed by atoms with E-state index in [2.05, 4.69) is 20.5 Å². The number of aryl methyl sites for hydroxylation is 1. The first kappa shape index (κ1) is 11.3. The number of hydrogen-bond acceptors (Lipinski definition) is 4. The number of nitrogens with one attached hydrogen (secondary N) is 2. The zero-order valence-electron chi connectivity index (χ0n) is 9.47. The number of aromatic amines is 1. The standard InChI is InChI=1S/C10H14N6O/c1-7-4-13-15-9(7)14-10(17)8-5-16(3-2-11)6-12-8/h4-6H,2-3,11H2,1H3,(H2,13,14,15,17). The van der Waals surface area contributed by atoms with E-state index in [0.29, 0.717) is 24.6 Å². The second-order valence-electron chi connectivity index (χ2n) is 3.67. The van der Waals surface area contributed by atoms with Crippen LogP contribution in [0.3, 0.4) is 0 Å². The minimum atomic E-state index is -0.270. The molecule has 2 rings (SSSR count). The van der Waals surface area contributed by atoms with E-state index in [0.717, 1.165) is 5.56 Å². The number of hydrogen-bond donors (Lipinski definition) is 3. The number of carbonyl (C=O) groups is 1. The maximum atomic E-state index is 11.8. The number of amides is 1. The van der Waals surface area contributed by atoms with Crippen LogP contribution in [0.5, 0.6) is 0 Å². The molecule has 0 aliphatic heterocycles. The van der Waals surface area contributed by atoms with Gasteiger partial charge in [-0.3, -0.25) is 9.89 Å². The third-order valence-corrected chi connectivity index (χ3v) is 2.32. The molecule has 0 aliphatic rings. The number of rotatable bonds is 4. The lowest BCUT2D eigenvalue weighted by atomic mass is 10.3. The van der Waals surface area contributed by atoms with Gasteiger partial charge < -0.3 is 15.6 Å². The minimum absolute atomic E-state index is 0.270. The van der Waals surface area contributed by atoms with Gasteiger partial charge in [0, 0.05) is 24.8 Å². The van der Waals surface area contributed by atoms with Crippen LogP contribution in [0.25, 0.3) is 0 Å². The largest absolute Gasteiger partial charge is 0.335 e. The summed E-state index contributed by atoms with van der Waals surface area (Å²) in [7, 11) is 0. The van der Waals surface area contributed by atoms with Crippen LogP contribution < -0.4 is 11.1 Å². The van der Waals surface area contributed by atoms with Crippen LogP contribution in [0.2, 0.25) is 0 Å². The van der Waals surface area contributed by atoms with E-state index in [1.165, 1.54) is 0 Å². The predicted octanol–water partition coefficient (Wildman–Crippen LogP) is 0.126. The van der Waals surface area contributed by atoms with Gasteiger partial charge in [0.05, 0.1) is 12.5 Å². The van der Waals surface area contributed by atoms with Gasteiger partial charge in [0.2, 0.25) is 0 Å². The van der Waals surface area contributed by atoms with Crippen LogP contribution in [0.4, 0.5) is 5.82 Å². The van der Waals surface area contributed by atoms with Crippen molar-refractivity contribution in [2.45, 2.75) is 13.5 Å². The van der Waals surface area contributed by atoms with E-state index in [4.69, 9.17) is 5.73 Å². The molecule has 2 heterocycles. The quantitative estimate of drug-likeness (QED) is 0.699. The molecule has 0 aliphatic carbocycles. The second kappa shape index (κ2) is 4.79. The maximum Gasteiger partial charge on any atom is 0.276 e. The highest BCUT2D eigenvalue weighted by atomic mass is 16.2. The third kappa shape index (κ3) is 2.51. The number of nitrogens with two attached hydrogens (primary N) is 1. The molecular formula is C10H14N6O. The lowest BCUT2D eigenvalue weighted by molar-refractivity contribution is 0.102. The molecule has 0 aromatic carbocycles. The van der Waals surface area contributed by atoms with Crippen molar-refractivity contribution < 1.29 is 4.79 Å². The SMILES string of the molecule is Cc1cn[nH]c1NC(=O)c1cn(CCN)cn1. The Hall–Kier alpha value is -2.15. The summed E-state index contributed by atoms with van der Waals surface area (Å²) in [6.07, 6.45) is 4.89. The number of aromatic nitrogens is 4. The number of anilines is 1. The van der Waals surface area contributed by atoms with E-state index in [1.54, 1.807) is 23.3 Å². The van der Waals surface area contributed by atoms with E-state index in [1.807, 2.05) is 6.92 Å². The Morgan fingerprint density at radius 1 is 1.65 bits per heavy atom. The van der Waals surface area contributed by atoms with Gasteiger partial charge in [-0.1, -0.05) is 0 Å². The van der Waals surface area contributed by atoms with Gasteiger partial charge in [0.1, 0.15) is 11.5 Å². The molecule has 0 bridgehead atoms. The summed E-state index contributed by atoms with van der Waals surface area (Å²) >= 11 is 0. The average molecular weight is 234 g/mol. The molecule has 4 N–H and O–H groups in total. The van der Waals surface area contributed by atoms with Crippen LogP contribution in [0.15, 0.2) is 18.7 Å². The van der Waals surface area contributed by atoms with E-state index in [-0.39, 0.29) is 5.91 Å². The Balaban J connectivity index is 2.07. The van der Waals surface area contributed by atoms with Crippen molar-refractivity contribution in [1.82, 2.24) is 19.7 Å². The summed E-state index contributed by atoms with van der Waals surface area (Å²) in [5, 5.41) is 9.22.